The summed E-state index contributed by atoms with van der Waals surface area (Å²) in [5.74, 6) is 0.807. The highest BCUT2D eigenvalue weighted by molar-refractivity contribution is 7.11. The van der Waals surface area contributed by atoms with Crippen LogP contribution in [-0.4, -0.2) is 35.6 Å². The van der Waals surface area contributed by atoms with E-state index >= 15 is 0 Å². The van der Waals surface area contributed by atoms with Crippen LogP contribution in [-0.2, 0) is 13.0 Å². The molecule has 2 heterocycles. The van der Waals surface area contributed by atoms with E-state index in [9.17, 15) is 4.79 Å². The molecule has 2 rings (SSSR count). The molecule has 0 spiro atoms. The van der Waals surface area contributed by atoms with E-state index in [2.05, 4.69) is 27.5 Å². The molecule has 0 saturated heterocycles. The predicted molar refractivity (Wildman–Crippen MR) is 105 cm³/mol. The van der Waals surface area contributed by atoms with Crippen LogP contribution in [0.2, 0.25) is 0 Å². The minimum absolute atomic E-state index is 0.0561. The van der Waals surface area contributed by atoms with Gasteiger partial charge in [-0.1, -0.05) is 6.07 Å². The van der Waals surface area contributed by atoms with E-state index in [-0.39, 0.29) is 5.56 Å². The first-order chi connectivity index (χ1) is 12.1. The van der Waals surface area contributed by atoms with Crippen molar-refractivity contribution in [3.05, 3.63) is 50.3 Å². The van der Waals surface area contributed by atoms with Gasteiger partial charge in [0.05, 0.1) is 10.7 Å². The number of aliphatic imine (C=N–C) groups is 1. The Kier molecular flexibility index (Phi) is 7.66. The predicted octanol–water partition coefficient (Wildman–Crippen LogP) is 2.11. The van der Waals surface area contributed by atoms with Crippen molar-refractivity contribution in [3.63, 3.8) is 0 Å². The van der Waals surface area contributed by atoms with Crippen molar-refractivity contribution in [2.75, 3.05) is 20.1 Å². The fourth-order valence-electron chi connectivity index (χ4n) is 2.41. The number of aromatic nitrogens is 2. The van der Waals surface area contributed by atoms with E-state index in [1.165, 1.54) is 4.88 Å². The van der Waals surface area contributed by atoms with Crippen molar-refractivity contribution in [1.82, 2.24) is 20.2 Å². The van der Waals surface area contributed by atoms with Gasteiger partial charge in [-0.2, -0.15) is 0 Å². The molecule has 0 bridgehead atoms. The summed E-state index contributed by atoms with van der Waals surface area (Å²) >= 11 is 1.76. The van der Waals surface area contributed by atoms with E-state index in [1.54, 1.807) is 35.1 Å². The molecule has 2 aromatic rings. The Hall–Kier alpha value is -2.15. The zero-order chi connectivity index (χ0) is 18.1. The first-order valence-electron chi connectivity index (χ1n) is 8.63. The van der Waals surface area contributed by atoms with Gasteiger partial charge < -0.3 is 15.2 Å². The minimum Gasteiger partial charge on any atom is -0.356 e. The van der Waals surface area contributed by atoms with Crippen LogP contribution >= 0.6 is 11.3 Å². The summed E-state index contributed by atoms with van der Waals surface area (Å²) in [7, 11) is 1.77. The molecule has 0 atom stereocenters. The minimum atomic E-state index is 0.0561. The Balaban J connectivity index is 1.62. The van der Waals surface area contributed by atoms with Gasteiger partial charge in [0.1, 0.15) is 0 Å². The molecule has 0 aliphatic rings. The topological polar surface area (TPSA) is 71.3 Å². The second kappa shape index (κ2) is 9.98. The fraction of sp³-hybridized carbons (Fsp3) is 0.500. The molecular formula is C18H27N5OS. The van der Waals surface area contributed by atoms with E-state index < -0.39 is 0 Å². The van der Waals surface area contributed by atoms with Crippen molar-refractivity contribution in [1.29, 1.82) is 0 Å². The van der Waals surface area contributed by atoms with Gasteiger partial charge in [0.2, 0.25) is 5.56 Å². The number of unbranched alkanes of at least 4 members (excludes halogenated alkanes) is 1. The molecule has 6 nitrogen and oxygen atoms in total. The average molecular weight is 362 g/mol. The number of hydrogen-bond donors (Lipinski definition) is 2. The highest BCUT2D eigenvalue weighted by Gasteiger charge is 2.04. The molecule has 0 amide bonds. The second-order valence-electron chi connectivity index (χ2n) is 5.86. The van der Waals surface area contributed by atoms with Crippen LogP contribution in [0, 0.1) is 13.8 Å². The molecule has 0 fully saturated rings. The Morgan fingerprint density at radius 2 is 2.04 bits per heavy atom. The van der Waals surface area contributed by atoms with Crippen molar-refractivity contribution in [2.24, 2.45) is 4.99 Å². The van der Waals surface area contributed by atoms with Crippen LogP contribution in [0.1, 0.15) is 28.4 Å². The largest absolute Gasteiger partial charge is 0.356 e. The number of nitrogens with zero attached hydrogens (tertiary/aromatic N) is 3. The fourth-order valence-corrected chi connectivity index (χ4v) is 3.35. The molecule has 0 radical (unpaired) electrons. The molecule has 2 N–H and O–H groups in total. The van der Waals surface area contributed by atoms with Crippen LogP contribution in [0.5, 0.6) is 0 Å². The number of rotatable bonds is 8. The Morgan fingerprint density at radius 1 is 1.24 bits per heavy atom. The number of thiazole rings is 1. The summed E-state index contributed by atoms with van der Waals surface area (Å²) in [6, 6.07) is 5.25. The number of guanidine groups is 1. The smallest absolute Gasteiger partial charge is 0.250 e. The van der Waals surface area contributed by atoms with Gasteiger partial charge in [0.25, 0.3) is 0 Å². The van der Waals surface area contributed by atoms with Crippen LogP contribution in [0.15, 0.2) is 34.2 Å². The standard InChI is InChI=1S/C18H27N5OS/c1-14-15(2)25-16(22-14)9-11-21-18(19-3)20-10-5-7-13-23-12-6-4-8-17(23)24/h4,6,8,12H,5,7,9-11,13H2,1-3H3,(H2,19,20,21). The third kappa shape index (κ3) is 6.34. The van der Waals surface area contributed by atoms with E-state index in [0.717, 1.165) is 55.6 Å². The lowest BCUT2D eigenvalue weighted by molar-refractivity contribution is 0.585. The quantitative estimate of drug-likeness (QED) is 0.429. The summed E-state index contributed by atoms with van der Waals surface area (Å²) in [5.41, 5.74) is 1.18. The molecule has 7 heteroatoms. The van der Waals surface area contributed by atoms with Crippen molar-refractivity contribution < 1.29 is 0 Å². The summed E-state index contributed by atoms with van der Waals surface area (Å²) in [6.07, 6.45) is 4.66. The van der Waals surface area contributed by atoms with E-state index in [0.29, 0.717) is 0 Å². The monoisotopic (exact) mass is 361 g/mol. The molecule has 0 unspecified atom stereocenters. The number of hydrogen-bond acceptors (Lipinski definition) is 4. The number of nitrogens with one attached hydrogen (secondary N) is 2. The van der Waals surface area contributed by atoms with Gasteiger partial charge in [0.15, 0.2) is 5.96 Å². The summed E-state index contributed by atoms with van der Waals surface area (Å²) in [4.78, 5) is 21.7. The number of aryl methyl sites for hydroxylation is 3. The van der Waals surface area contributed by atoms with Gasteiger partial charge in [-0.25, -0.2) is 4.98 Å². The zero-order valence-electron chi connectivity index (χ0n) is 15.2. The van der Waals surface area contributed by atoms with E-state index in [1.807, 2.05) is 19.2 Å². The second-order valence-corrected chi connectivity index (χ2v) is 7.15. The van der Waals surface area contributed by atoms with Crippen molar-refractivity contribution >= 4 is 17.3 Å². The molecule has 0 aliphatic heterocycles. The first-order valence-corrected chi connectivity index (χ1v) is 9.44. The molecule has 2 aromatic heterocycles. The van der Waals surface area contributed by atoms with Crippen LogP contribution in [0.4, 0.5) is 0 Å². The lowest BCUT2D eigenvalue weighted by Gasteiger charge is -2.11. The summed E-state index contributed by atoms with van der Waals surface area (Å²) in [5, 5.41) is 7.78. The average Bonchev–Trinajstić information content (AvgIpc) is 2.92. The molecule has 136 valence electrons. The van der Waals surface area contributed by atoms with Crippen molar-refractivity contribution in [3.8, 4) is 0 Å². The number of pyridine rings is 1. The van der Waals surface area contributed by atoms with Crippen LogP contribution in [0.25, 0.3) is 0 Å². The highest BCUT2D eigenvalue weighted by atomic mass is 32.1. The SMILES string of the molecule is CN=C(NCCCCn1ccccc1=O)NCCc1nc(C)c(C)s1. The third-order valence-corrected chi connectivity index (χ3v) is 5.08. The zero-order valence-corrected chi connectivity index (χ0v) is 16.0. The van der Waals surface area contributed by atoms with Crippen LogP contribution in [0.3, 0.4) is 0 Å². The third-order valence-electron chi connectivity index (χ3n) is 3.94. The lowest BCUT2D eigenvalue weighted by Crippen LogP contribution is -2.38. The Bertz CT molecular complexity index is 730. The highest BCUT2D eigenvalue weighted by Crippen LogP contribution is 2.16. The normalized spacial score (nSPS) is 11.6. The summed E-state index contributed by atoms with van der Waals surface area (Å²) < 4.78 is 1.74. The Morgan fingerprint density at radius 3 is 2.72 bits per heavy atom. The van der Waals surface area contributed by atoms with Crippen LogP contribution < -0.4 is 16.2 Å². The molecule has 0 aliphatic carbocycles. The molecule has 0 aromatic carbocycles. The van der Waals surface area contributed by atoms with Gasteiger partial charge in [0, 0.05) is 50.2 Å². The maximum absolute atomic E-state index is 11.6. The molecule has 0 saturated carbocycles. The van der Waals surface area contributed by atoms with Gasteiger partial charge in [-0.3, -0.25) is 9.79 Å². The molecule has 25 heavy (non-hydrogen) atoms. The Labute approximate surface area is 153 Å². The maximum atomic E-state index is 11.6. The van der Waals surface area contributed by atoms with Gasteiger partial charge >= 0.3 is 0 Å². The lowest BCUT2D eigenvalue weighted by atomic mass is 10.3. The van der Waals surface area contributed by atoms with E-state index in [4.69, 9.17) is 0 Å². The van der Waals surface area contributed by atoms with Crippen molar-refractivity contribution in [2.45, 2.75) is 39.7 Å². The van der Waals surface area contributed by atoms with Gasteiger partial charge in [-0.15, -0.1) is 11.3 Å². The summed E-state index contributed by atoms with van der Waals surface area (Å²) in [6.45, 7) is 6.54. The molecular weight excluding hydrogens is 334 g/mol. The first kappa shape index (κ1) is 19.2. The maximum Gasteiger partial charge on any atom is 0.250 e. The van der Waals surface area contributed by atoms with Gasteiger partial charge in [-0.05, 0) is 32.8 Å².